The van der Waals surface area contributed by atoms with Gasteiger partial charge in [0.05, 0.1) is 24.4 Å². The van der Waals surface area contributed by atoms with Gasteiger partial charge in [0.1, 0.15) is 5.60 Å². The summed E-state index contributed by atoms with van der Waals surface area (Å²) in [5.74, 6) is 0.0512. The molecule has 4 nitrogen and oxygen atoms in total. The molecule has 0 aliphatic carbocycles. The zero-order valence-electron chi connectivity index (χ0n) is 12.1. The average Bonchev–Trinajstić information content (AvgIpc) is 2.83. The number of ether oxygens (including phenoxy) is 2. The van der Waals surface area contributed by atoms with Crippen molar-refractivity contribution in [2.45, 2.75) is 69.4 Å². The van der Waals surface area contributed by atoms with Crippen molar-refractivity contribution in [2.75, 3.05) is 11.0 Å². The molecule has 0 radical (unpaired) electrons. The fourth-order valence-corrected chi connectivity index (χ4v) is 4.36. The Morgan fingerprint density at radius 3 is 2.90 bits per heavy atom. The van der Waals surface area contributed by atoms with E-state index in [-0.39, 0.29) is 36.4 Å². The first-order chi connectivity index (χ1) is 9.63. The van der Waals surface area contributed by atoms with Crippen molar-refractivity contribution in [3.63, 3.8) is 0 Å². The Bertz CT molecular complexity index is 360. The Morgan fingerprint density at radius 1 is 1.45 bits per heavy atom. The Morgan fingerprint density at radius 2 is 2.25 bits per heavy atom. The Balaban J connectivity index is 1.96. The van der Waals surface area contributed by atoms with Crippen LogP contribution >= 0.6 is 22.6 Å². The summed E-state index contributed by atoms with van der Waals surface area (Å²) in [5, 5.41) is 17.9. The van der Waals surface area contributed by atoms with Crippen molar-refractivity contribution in [1.29, 1.82) is 5.26 Å². The molecular formula is C15H24INO3. The van der Waals surface area contributed by atoms with Gasteiger partial charge in [-0.15, -0.1) is 0 Å². The number of rotatable bonds is 6. The monoisotopic (exact) mass is 393 g/mol. The summed E-state index contributed by atoms with van der Waals surface area (Å²) < 4.78 is 13.5. The van der Waals surface area contributed by atoms with Crippen LogP contribution in [0.5, 0.6) is 0 Å². The summed E-state index contributed by atoms with van der Waals surface area (Å²) in [6.07, 6.45) is 6.07. The Hall–Kier alpha value is 0.1000. The molecule has 0 aromatic heterocycles. The standard InChI is InChI=1S/C15H24INO3/c1-11(9-17)7-12-4-5-14-15(10-16,20-12)8-13(19-14)3-2-6-18/h11-14,18H,2-8,10H2,1H3/t11-,12-,13+,14+,15-/m1/s1. The highest BCUT2D eigenvalue weighted by Gasteiger charge is 2.52. The molecule has 2 rings (SSSR count). The van der Waals surface area contributed by atoms with E-state index in [0.717, 1.165) is 43.0 Å². The third kappa shape index (κ3) is 3.65. The maximum absolute atomic E-state index is 8.96. The van der Waals surface area contributed by atoms with E-state index in [1.165, 1.54) is 0 Å². The largest absolute Gasteiger partial charge is 0.396 e. The fourth-order valence-electron chi connectivity index (χ4n) is 3.38. The van der Waals surface area contributed by atoms with Crippen LogP contribution in [0.3, 0.4) is 0 Å². The average molecular weight is 393 g/mol. The van der Waals surface area contributed by atoms with Crippen LogP contribution in [0.25, 0.3) is 0 Å². The fraction of sp³-hybridized carbons (Fsp3) is 0.933. The summed E-state index contributed by atoms with van der Waals surface area (Å²) in [6, 6.07) is 2.30. The molecule has 1 N–H and O–H groups in total. The van der Waals surface area contributed by atoms with Crippen LogP contribution in [0.2, 0.25) is 0 Å². The lowest BCUT2D eigenvalue weighted by Crippen LogP contribution is -2.50. The third-order valence-electron chi connectivity index (χ3n) is 4.42. The van der Waals surface area contributed by atoms with Crippen LogP contribution in [0, 0.1) is 17.2 Å². The van der Waals surface area contributed by atoms with Gasteiger partial charge in [0.2, 0.25) is 0 Å². The van der Waals surface area contributed by atoms with Crippen LogP contribution in [-0.4, -0.2) is 40.1 Å². The molecule has 5 atom stereocenters. The van der Waals surface area contributed by atoms with Gasteiger partial charge in [-0.1, -0.05) is 22.6 Å². The zero-order chi connectivity index (χ0) is 14.6. The van der Waals surface area contributed by atoms with Gasteiger partial charge >= 0.3 is 0 Å². The van der Waals surface area contributed by atoms with Gasteiger partial charge in [-0.05, 0) is 39.0 Å². The van der Waals surface area contributed by atoms with Crippen molar-refractivity contribution in [3.05, 3.63) is 0 Å². The normalized spacial score (nSPS) is 38.2. The van der Waals surface area contributed by atoms with Crippen molar-refractivity contribution < 1.29 is 14.6 Å². The summed E-state index contributed by atoms with van der Waals surface area (Å²) in [4.78, 5) is 0. The predicted molar refractivity (Wildman–Crippen MR) is 84.7 cm³/mol. The highest BCUT2D eigenvalue weighted by Crippen LogP contribution is 2.44. The van der Waals surface area contributed by atoms with E-state index in [0.29, 0.717) is 0 Å². The first kappa shape index (κ1) is 16.5. The van der Waals surface area contributed by atoms with Crippen molar-refractivity contribution in [2.24, 2.45) is 5.92 Å². The summed E-state index contributed by atoms with van der Waals surface area (Å²) >= 11 is 2.40. The zero-order valence-corrected chi connectivity index (χ0v) is 14.2. The predicted octanol–water partition coefficient (Wildman–Crippen LogP) is 2.82. The number of alkyl halides is 1. The molecule has 0 aromatic carbocycles. The molecule has 0 bridgehead atoms. The molecular weight excluding hydrogens is 369 g/mol. The van der Waals surface area contributed by atoms with Gasteiger partial charge in [0, 0.05) is 23.4 Å². The summed E-state index contributed by atoms with van der Waals surface area (Å²) in [7, 11) is 0. The SMILES string of the molecule is C[C@@H](C#N)C[C@H]1CC[C@@H]2O[C@@H](CCCO)C[C@]2(CI)O1. The molecule has 2 aliphatic heterocycles. The first-order valence-corrected chi connectivity index (χ1v) is 9.06. The maximum atomic E-state index is 8.96. The molecule has 0 unspecified atom stereocenters. The van der Waals surface area contributed by atoms with Crippen LogP contribution < -0.4 is 0 Å². The van der Waals surface area contributed by atoms with Crippen molar-refractivity contribution >= 4 is 22.6 Å². The minimum Gasteiger partial charge on any atom is -0.396 e. The van der Waals surface area contributed by atoms with E-state index >= 15 is 0 Å². The van der Waals surface area contributed by atoms with Crippen molar-refractivity contribution in [3.8, 4) is 6.07 Å². The number of nitriles is 1. The molecule has 2 heterocycles. The van der Waals surface area contributed by atoms with E-state index in [1.54, 1.807) is 0 Å². The quantitative estimate of drug-likeness (QED) is 0.557. The van der Waals surface area contributed by atoms with Gasteiger partial charge in [-0.25, -0.2) is 0 Å². The summed E-state index contributed by atoms with van der Waals surface area (Å²) in [6.45, 7) is 2.19. The van der Waals surface area contributed by atoms with Gasteiger partial charge in [-0.3, -0.25) is 0 Å². The smallest absolute Gasteiger partial charge is 0.106 e. The highest BCUT2D eigenvalue weighted by molar-refractivity contribution is 14.1. The Labute approximate surface area is 135 Å². The van der Waals surface area contributed by atoms with Gasteiger partial charge < -0.3 is 14.6 Å². The maximum Gasteiger partial charge on any atom is 0.106 e. The molecule has 0 spiro atoms. The van der Waals surface area contributed by atoms with Crippen LogP contribution in [0.15, 0.2) is 0 Å². The molecule has 0 saturated carbocycles. The van der Waals surface area contributed by atoms with Gasteiger partial charge in [-0.2, -0.15) is 5.26 Å². The molecule has 2 fully saturated rings. The van der Waals surface area contributed by atoms with Crippen molar-refractivity contribution in [1.82, 2.24) is 0 Å². The highest BCUT2D eigenvalue weighted by atomic mass is 127. The van der Waals surface area contributed by atoms with Gasteiger partial charge in [0.15, 0.2) is 0 Å². The molecule has 20 heavy (non-hydrogen) atoms. The van der Waals surface area contributed by atoms with E-state index in [2.05, 4.69) is 28.7 Å². The molecule has 0 aromatic rings. The molecule has 114 valence electrons. The van der Waals surface area contributed by atoms with E-state index < -0.39 is 0 Å². The summed E-state index contributed by atoms with van der Waals surface area (Å²) in [5.41, 5.74) is -0.168. The minimum atomic E-state index is -0.168. The van der Waals surface area contributed by atoms with E-state index in [1.807, 2.05) is 6.92 Å². The lowest BCUT2D eigenvalue weighted by atomic mass is 9.86. The van der Waals surface area contributed by atoms with E-state index in [4.69, 9.17) is 19.8 Å². The van der Waals surface area contributed by atoms with Gasteiger partial charge in [0.25, 0.3) is 0 Å². The lowest BCUT2D eigenvalue weighted by molar-refractivity contribution is -0.155. The lowest BCUT2D eigenvalue weighted by Gasteiger charge is -2.41. The second kappa shape index (κ2) is 7.39. The van der Waals surface area contributed by atoms with Crippen LogP contribution in [0.4, 0.5) is 0 Å². The topological polar surface area (TPSA) is 62.5 Å². The van der Waals surface area contributed by atoms with Crippen LogP contribution in [-0.2, 0) is 9.47 Å². The molecule has 2 saturated heterocycles. The van der Waals surface area contributed by atoms with Crippen LogP contribution in [0.1, 0.15) is 45.4 Å². The number of hydrogen-bond donors (Lipinski definition) is 1. The number of fused-ring (bicyclic) bond motifs is 1. The number of halogens is 1. The number of hydrogen-bond acceptors (Lipinski definition) is 4. The number of aliphatic hydroxyl groups is 1. The molecule has 2 aliphatic rings. The minimum absolute atomic E-state index is 0.0512. The third-order valence-corrected chi connectivity index (χ3v) is 5.71. The Kier molecular flexibility index (Phi) is 6.09. The van der Waals surface area contributed by atoms with E-state index in [9.17, 15) is 0 Å². The molecule has 5 heteroatoms. The second-order valence-electron chi connectivity index (χ2n) is 6.10. The molecule has 0 amide bonds. The first-order valence-electron chi connectivity index (χ1n) is 7.53. The second-order valence-corrected chi connectivity index (χ2v) is 6.86. The number of aliphatic hydroxyl groups excluding tert-OH is 1. The number of nitrogens with zero attached hydrogens (tertiary/aromatic N) is 1.